The molecule has 5 nitrogen and oxygen atoms in total. The zero-order chi connectivity index (χ0) is 22.4. The molecule has 0 saturated carbocycles. The Hall–Kier alpha value is -2.02. The van der Waals surface area contributed by atoms with Crippen LogP contribution < -0.4 is 10.1 Å². The van der Waals surface area contributed by atoms with Crippen molar-refractivity contribution in [3.05, 3.63) is 59.7 Å². The second-order valence-electron chi connectivity index (χ2n) is 7.29. The molecule has 30 heavy (non-hydrogen) atoms. The number of nitrogens with one attached hydrogen (secondary N) is 1. The van der Waals surface area contributed by atoms with Crippen LogP contribution in [0.1, 0.15) is 24.5 Å². The van der Waals surface area contributed by atoms with Crippen LogP contribution in [-0.2, 0) is 20.4 Å². The summed E-state index contributed by atoms with van der Waals surface area (Å²) >= 11 is 0. The fraction of sp³-hybridized carbons (Fsp3) is 0.458. The Kier molecular flexibility index (Phi) is 12.9. The number of amides is 1. The summed E-state index contributed by atoms with van der Waals surface area (Å²) in [5.41, 5.74) is 3.41. The fourth-order valence-electron chi connectivity index (χ4n) is 2.29. The molecule has 2 rings (SSSR count). The fourth-order valence-corrected chi connectivity index (χ4v) is 2.88. The van der Waals surface area contributed by atoms with Gasteiger partial charge in [-0.05, 0) is 55.9 Å². The summed E-state index contributed by atoms with van der Waals surface area (Å²) < 4.78 is 10.6. The molecular weight excluding hydrogens is 398 g/mol. The van der Waals surface area contributed by atoms with Crippen molar-refractivity contribution >= 4 is 22.5 Å². The molecule has 2 N–H and O–H groups in total. The van der Waals surface area contributed by atoms with Crippen LogP contribution in [-0.4, -0.2) is 55.2 Å². The SMILES string of the molecule is CCOCC(O)COc1ccc(NC(=O)CC[S+](C)C)cc1.Cc1ccc(C)cc1. The predicted molar refractivity (Wildman–Crippen MR) is 128 cm³/mol. The molecule has 0 aromatic heterocycles. The van der Waals surface area contributed by atoms with Crippen LogP contribution in [0.15, 0.2) is 48.5 Å². The molecule has 0 aliphatic rings. The first-order chi connectivity index (χ1) is 14.3. The number of ether oxygens (including phenoxy) is 2. The Morgan fingerprint density at radius 3 is 2.07 bits per heavy atom. The maximum absolute atomic E-state index is 11.7. The Morgan fingerprint density at radius 2 is 1.57 bits per heavy atom. The van der Waals surface area contributed by atoms with E-state index in [0.717, 1.165) is 11.4 Å². The van der Waals surface area contributed by atoms with Gasteiger partial charge in [-0.3, -0.25) is 4.79 Å². The molecule has 6 heteroatoms. The molecule has 0 saturated heterocycles. The number of carbonyl (C=O) groups is 1. The maximum Gasteiger partial charge on any atom is 0.229 e. The standard InChI is InChI=1S/C16H25NO4S.C8H10/c1-4-20-11-14(18)12-21-15-7-5-13(6-8-15)17-16(19)9-10-22(2)3;1-7-3-5-8(2)6-4-7/h5-8,14,18H,4,9-12H2,1-3H3;3-6H,1-2H3/p+1. The Morgan fingerprint density at radius 1 is 1.00 bits per heavy atom. The topological polar surface area (TPSA) is 67.8 Å². The van der Waals surface area contributed by atoms with Crippen molar-refractivity contribution in [2.75, 3.05) is 43.4 Å². The van der Waals surface area contributed by atoms with E-state index in [9.17, 15) is 9.90 Å². The van der Waals surface area contributed by atoms with Gasteiger partial charge in [0.05, 0.1) is 25.5 Å². The zero-order valence-electron chi connectivity index (χ0n) is 18.8. The van der Waals surface area contributed by atoms with Gasteiger partial charge in [0.25, 0.3) is 0 Å². The highest BCUT2D eigenvalue weighted by molar-refractivity contribution is 7.95. The third kappa shape index (κ3) is 12.5. The van der Waals surface area contributed by atoms with Crippen LogP contribution in [0.2, 0.25) is 0 Å². The summed E-state index contributed by atoms with van der Waals surface area (Å²) in [6.45, 7) is 7.09. The molecule has 2 aromatic carbocycles. The lowest BCUT2D eigenvalue weighted by molar-refractivity contribution is -0.115. The van der Waals surface area contributed by atoms with Gasteiger partial charge >= 0.3 is 0 Å². The van der Waals surface area contributed by atoms with E-state index in [1.165, 1.54) is 11.1 Å². The second-order valence-corrected chi connectivity index (χ2v) is 9.67. The van der Waals surface area contributed by atoms with E-state index in [2.05, 4.69) is 55.9 Å². The first-order valence-corrected chi connectivity index (χ1v) is 12.4. The molecule has 1 atom stereocenters. The lowest BCUT2D eigenvalue weighted by Gasteiger charge is -2.12. The van der Waals surface area contributed by atoms with Gasteiger partial charge in [-0.2, -0.15) is 0 Å². The van der Waals surface area contributed by atoms with Gasteiger partial charge in [0, 0.05) is 12.3 Å². The number of hydrogen-bond acceptors (Lipinski definition) is 4. The largest absolute Gasteiger partial charge is 0.491 e. The van der Waals surface area contributed by atoms with E-state index in [0.29, 0.717) is 18.8 Å². The minimum atomic E-state index is -0.642. The molecule has 0 bridgehead atoms. The van der Waals surface area contributed by atoms with Gasteiger partial charge < -0.3 is 19.9 Å². The van der Waals surface area contributed by atoms with E-state index in [1.807, 2.05) is 6.92 Å². The predicted octanol–water partition coefficient (Wildman–Crippen LogP) is 3.97. The van der Waals surface area contributed by atoms with Crippen LogP contribution in [0.4, 0.5) is 5.69 Å². The first-order valence-electron chi connectivity index (χ1n) is 10.2. The molecule has 0 radical (unpaired) electrons. The molecule has 166 valence electrons. The Labute approximate surface area is 184 Å². The van der Waals surface area contributed by atoms with E-state index in [4.69, 9.17) is 9.47 Å². The van der Waals surface area contributed by atoms with Crippen LogP contribution in [0, 0.1) is 13.8 Å². The highest BCUT2D eigenvalue weighted by atomic mass is 32.2. The van der Waals surface area contributed by atoms with Crippen LogP contribution >= 0.6 is 0 Å². The number of benzene rings is 2. The minimum Gasteiger partial charge on any atom is -0.491 e. The lowest BCUT2D eigenvalue weighted by Crippen LogP contribution is -2.23. The summed E-state index contributed by atoms with van der Waals surface area (Å²) in [7, 11) is 0.277. The summed E-state index contributed by atoms with van der Waals surface area (Å²) in [5, 5.41) is 12.5. The van der Waals surface area contributed by atoms with E-state index in [-0.39, 0.29) is 30.0 Å². The molecule has 0 aliphatic heterocycles. The first kappa shape index (κ1) is 26.0. The summed E-state index contributed by atoms with van der Waals surface area (Å²) in [4.78, 5) is 11.7. The average Bonchev–Trinajstić information content (AvgIpc) is 2.73. The number of aliphatic hydroxyl groups is 1. The van der Waals surface area contributed by atoms with E-state index >= 15 is 0 Å². The summed E-state index contributed by atoms with van der Waals surface area (Å²) in [6.07, 6.45) is 4.15. The Balaban J connectivity index is 0.000000467. The summed E-state index contributed by atoms with van der Waals surface area (Å²) in [6, 6.07) is 15.6. The highest BCUT2D eigenvalue weighted by Crippen LogP contribution is 2.16. The molecule has 2 aromatic rings. The lowest BCUT2D eigenvalue weighted by atomic mass is 10.2. The number of aryl methyl sites for hydroxylation is 2. The van der Waals surface area contributed by atoms with Crippen molar-refractivity contribution in [2.24, 2.45) is 0 Å². The zero-order valence-corrected chi connectivity index (χ0v) is 19.6. The third-order valence-corrected chi connectivity index (χ3v) is 5.07. The second kappa shape index (κ2) is 14.9. The van der Waals surface area contributed by atoms with Gasteiger partial charge in [-0.1, -0.05) is 35.4 Å². The van der Waals surface area contributed by atoms with Gasteiger partial charge in [-0.25, -0.2) is 0 Å². The summed E-state index contributed by atoms with van der Waals surface area (Å²) in [5.74, 6) is 1.59. The molecule has 0 spiro atoms. The number of anilines is 1. The van der Waals surface area contributed by atoms with Crippen molar-refractivity contribution in [3.8, 4) is 5.75 Å². The van der Waals surface area contributed by atoms with Crippen molar-refractivity contribution in [1.82, 2.24) is 0 Å². The average molecular weight is 435 g/mol. The van der Waals surface area contributed by atoms with Crippen LogP contribution in [0.5, 0.6) is 5.75 Å². The minimum absolute atomic E-state index is 0.0296. The molecule has 0 aliphatic carbocycles. The normalized spacial score (nSPS) is 11.4. The van der Waals surface area contributed by atoms with Crippen molar-refractivity contribution in [3.63, 3.8) is 0 Å². The van der Waals surface area contributed by atoms with Crippen LogP contribution in [0.3, 0.4) is 0 Å². The highest BCUT2D eigenvalue weighted by Gasteiger charge is 2.09. The number of rotatable bonds is 10. The maximum atomic E-state index is 11.7. The molecule has 1 unspecified atom stereocenters. The van der Waals surface area contributed by atoms with E-state index < -0.39 is 6.10 Å². The van der Waals surface area contributed by atoms with Gasteiger partial charge in [0.1, 0.15) is 24.2 Å². The van der Waals surface area contributed by atoms with Gasteiger partial charge in [0.15, 0.2) is 0 Å². The van der Waals surface area contributed by atoms with Crippen molar-refractivity contribution < 1.29 is 19.4 Å². The van der Waals surface area contributed by atoms with Crippen molar-refractivity contribution in [2.45, 2.75) is 33.3 Å². The van der Waals surface area contributed by atoms with Crippen LogP contribution in [0.25, 0.3) is 0 Å². The van der Waals surface area contributed by atoms with Gasteiger partial charge in [-0.15, -0.1) is 0 Å². The van der Waals surface area contributed by atoms with E-state index in [1.54, 1.807) is 24.3 Å². The molecular formula is C24H36NO4S+. The smallest absolute Gasteiger partial charge is 0.229 e. The monoisotopic (exact) mass is 434 g/mol. The third-order valence-electron chi connectivity index (χ3n) is 4.05. The molecule has 0 fully saturated rings. The quantitative estimate of drug-likeness (QED) is 0.555. The molecule has 1 amide bonds. The van der Waals surface area contributed by atoms with Crippen molar-refractivity contribution in [1.29, 1.82) is 0 Å². The van der Waals surface area contributed by atoms with Gasteiger partial charge in [0.2, 0.25) is 5.91 Å². The number of carbonyl (C=O) groups excluding carboxylic acids is 1. The number of hydrogen-bond donors (Lipinski definition) is 2. The number of aliphatic hydroxyl groups excluding tert-OH is 1. The Bertz CT molecular complexity index is 696. The molecule has 0 heterocycles.